The maximum Gasteiger partial charge on any atom is 0.272 e. The first kappa shape index (κ1) is 16.2. The van der Waals surface area contributed by atoms with Crippen LogP contribution < -0.4 is 5.73 Å². The van der Waals surface area contributed by atoms with Crippen molar-refractivity contribution in [3.8, 4) is 11.3 Å². The van der Waals surface area contributed by atoms with Gasteiger partial charge in [-0.25, -0.2) is 14.4 Å². The van der Waals surface area contributed by atoms with Crippen LogP contribution in [0.15, 0.2) is 36.5 Å². The van der Waals surface area contributed by atoms with E-state index in [-0.39, 0.29) is 17.7 Å². The third-order valence-electron chi connectivity index (χ3n) is 4.49. The molecule has 2 aromatic heterocycles. The molecule has 0 saturated heterocycles. The molecule has 0 atom stereocenters. The lowest BCUT2D eigenvalue weighted by molar-refractivity contribution is 0.0720. The summed E-state index contributed by atoms with van der Waals surface area (Å²) in [5, 5.41) is 4.39. The van der Waals surface area contributed by atoms with Crippen molar-refractivity contribution in [2.45, 2.75) is 13.0 Å². The molecule has 132 valence electrons. The average Bonchev–Trinajstić information content (AvgIpc) is 3.02. The molecule has 3 heterocycles. The molecule has 0 bridgehead atoms. The van der Waals surface area contributed by atoms with Crippen molar-refractivity contribution < 1.29 is 9.18 Å². The molecule has 0 saturated carbocycles. The van der Waals surface area contributed by atoms with E-state index in [1.807, 2.05) is 0 Å². The Morgan fingerprint density at radius 2 is 2.04 bits per heavy atom. The van der Waals surface area contributed by atoms with Gasteiger partial charge in [-0.2, -0.15) is 5.10 Å². The first-order valence-corrected chi connectivity index (χ1v) is 8.21. The van der Waals surface area contributed by atoms with Gasteiger partial charge in [0.15, 0.2) is 0 Å². The molecule has 1 aromatic carbocycles. The van der Waals surface area contributed by atoms with Gasteiger partial charge in [0.05, 0.1) is 17.9 Å². The van der Waals surface area contributed by atoms with Crippen molar-refractivity contribution in [1.29, 1.82) is 0 Å². The van der Waals surface area contributed by atoms with Crippen LogP contribution >= 0.6 is 0 Å². The van der Waals surface area contributed by atoms with Crippen molar-refractivity contribution in [1.82, 2.24) is 24.6 Å². The minimum absolute atomic E-state index is 0.129. The third kappa shape index (κ3) is 2.90. The highest BCUT2D eigenvalue weighted by Crippen LogP contribution is 2.22. The van der Waals surface area contributed by atoms with Crippen LogP contribution in [0.2, 0.25) is 0 Å². The highest BCUT2D eigenvalue weighted by atomic mass is 19.1. The molecule has 0 radical (unpaired) electrons. The van der Waals surface area contributed by atoms with Crippen LogP contribution in [0.4, 0.5) is 10.3 Å². The van der Waals surface area contributed by atoms with Gasteiger partial charge >= 0.3 is 0 Å². The van der Waals surface area contributed by atoms with Crippen LogP contribution in [0.5, 0.6) is 0 Å². The predicted molar refractivity (Wildman–Crippen MR) is 93.5 cm³/mol. The fourth-order valence-corrected chi connectivity index (χ4v) is 3.08. The Morgan fingerprint density at radius 1 is 1.27 bits per heavy atom. The first-order valence-electron chi connectivity index (χ1n) is 8.21. The first-order chi connectivity index (χ1) is 12.5. The summed E-state index contributed by atoms with van der Waals surface area (Å²) in [7, 11) is 1.72. The summed E-state index contributed by atoms with van der Waals surface area (Å²) in [5.41, 5.74) is 9.29. The molecular formula is C18H17FN6O. The molecule has 1 amide bonds. The monoisotopic (exact) mass is 352 g/mol. The molecule has 0 aliphatic carbocycles. The van der Waals surface area contributed by atoms with E-state index in [9.17, 15) is 9.18 Å². The maximum absolute atomic E-state index is 13.1. The largest absolute Gasteiger partial charge is 0.368 e. The van der Waals surface area contributed by atoms with Gasteiger partial charge in [-0.15, -0.1) is 0 Å². The lowest BCUT2D eigenvalue weighted by Crippen LogP contribution is -2.37. The van der Waals surface area contributed by atoms with Crippen molar-refractivity contribution in [2.24, 2.45) is 7.05 Å². The van der Waals surface area contributed by atoms with Gasteiger partial charge in [0.2, 0.25) is 5.95 Å². The van der Waals surface area contributed by atoms with E-state index in [0.29, 0.717) is 30.9 Å². The second-order valence-corrected chi connectivity index (χ2v) is 6.22. The Balaban J connectivity index is 1.60. The Bertz CT molecular complexity index is 982. The van der Waals surface area contributed by atoms with Gasteiger partial charge in [0, 0.05) is 25.4 Å². The molecule has 7 nitrogen and oxygen atoms in total. The molecule has 1 aliphatic rings. The number of aromatic nitrogens is 4. The Hall–Kier alpha value is -3.29. The number of rotatable bonds is 2. The zero-order chi connectivity index (χ0) is 18.3. The third-order valence-corrected chi connectivity index (χ3v) is 4.49. The van der Waals surface area contributed by atoms with E-state index in [0.717, 1.165) is 16.8 Å². The molecule has 2 N–H and O–H groups in total. The number of carbonyl (C=O) groups excluding carboxylic acids is 1. The number of nitrogens with zero attached hydrogens (tertiary/aromatic N) is 5. The zero-order valence-corrected chi connectivity index (χ0v) is 14.2. The number of fused-ring (bicyclic) bond motifs is 1. The van der Waals surface area contributed by atoms with Gasteiger partial charge in [0.25, 0.3) is 5.91 Å². The lowest BCUT2D eigenvalue weighted by atomic mass is 10.1. The van der Waals surface area contributed by atoms with Crippen molar-refractivity contribution >= 4 is 11.9 Å². The minimum Gasteiger partial charge on any atom is -0.368 e. The number of anilines is 1. The van der Waals surface area contributed by atoms with Gasteiger partial charge in [-0.3, -0.25) is 9.48 Å². The summed E-state index contributed by atoms with van der Waals surface area (Å²) in [4.78, 5) is 22.9. The molecule has 0 unspecified atom stereocenters. The van der Waals surface area contributed by atoms with Gasteiger partial charge < -0.3 is 10.6 Å². The number of nitrogen functional groups attached to an aromatic ring is 1. The molecule has 3 aromatic rings. The van der Waals surface area contributed by atoms with E-state index >= 15 is 0 Å². The summed E-state index contributed by atoms with van der Waals surface area (Å²) in [6.45, 7) is 0.966. The van der Waals surface area contributed by atoms with Crippen molar-refractivity contribution in [3.05, 3.63) is 59.3 Å². The minimum atomic E-state index is -0.311. The van der Waals surface area contributed by atoms with E-state index in [1.54, 1.807) is 41.0 Å². The van der Waals surface area contributed by atoms with Crippen molar-refractivity contribution in [2.75, 3.05) is 12.3 Å². The summed E-state index contributed by atoms with van der Waals surface area (Å²) in [6, 6.07) is 7.75. The Labute approximate surface area is 149 Å². The van der Waals surface area contributed by atoms with Crippen LogP contribution in [0.1, 0.15) is 21.7 Å². The molecule has 26 heavy (non-hydrogen) atoms. The number of halogens is 1. The van der Waals surface area contributed by atoms with Gasteiger partial charge in [0.1, 0.15) is 11.5 Å². The SMILES string of the molecule is Cn1nc(-c2ccc(F)cc2)cc1C(=O)N1CCc2cnc(N)nc2C1. The van der Waals surface area contributed by atoms with E-state index in [4.69, 9.17) is 5.73 Å². The Morgan fingerprint density at radius 3 is 2.81 bits per heavy atom. The van der Waals surface area contributed by atoms with Crippen LogP contribution in [-0.2, 0) is 20.0 Å². The number of benzene rings is 1. The quantitative estimate of drug-likeness (QED) is 0.759. The predicted octanol–water partition coefficient (Wildman–Crippen LogP) is 1.80. The Kier molecular flexibility index (Phi) is 3.87. The second-order valence-electron chi connectivity index (χ2n) is 6.22. The van der Waals surface area contributed by atoms with Gasteiger partial charge in [-0.05, 0) is 42.3 Å². The second kappa shape index (κ2) is 6.21. The summed E-state index contributed by atoms with van der Waals surface area (Å²) in [5.74, 6) is -0.234. The number of amides is 1. The highest BCUT2D eigenvalue weighted by Gasteiger charge is 2.25. The molecule has 0 spiro atoms. The molecule has 1 aliphatic heterocycles. The normalized spacial score (nSPS) is 13.5. The number of carbonyl (C=O) groups is 1. The summed E-state index contributed by atoms with van der Waals surface area (Å²) >= 11 is 0. The number of aryl methyl sites for hydroxylation is 1. The molecule has 8 heteroatoms. The fraction of sp³-hybridized carbons (Fsp3) is 0.222. The van der Waals surface area contributed by atoms with Crippen LogP contribution in [0.25, 0.3) is 11.3 Å². The molecule has 0 fully saturated rings. The highest BCUT2D eigenvalue weighted by molar-refractivity contribution is 5.93. The number of nitrogens with two attached hydrogens (primary N) is 1. The van der Waals surface area contributed by atoms with E-state index in [1.165, 1.54) is 12.1 Å². The fourth-order valence-electron chi connectivity index (χ4n) is 3.08. The van der Waals surface area contributed by atoms with E-state index in [2.05, 4.69) is 15.1 Å². The van der Waals surface area contributed by atoms with Crippen molar-refractivity contribution in [3.63, 3.8) is 0 Å². The number of hydrogen-bond donors (Lipinski definition) is 1. The molecule has 4 rings (SSSR count). The smallest absolute Gasteiger partial charge is 0.272 e. The summed E-state index contributed by atoms with van der Waals surface area (Å²) < 4.78 is 14.6. The van der Waals surface area contributed by atoms with Crippen LogP contribution in [-0.4, -0.2) is 37.1 Å². The van der Waals surface area contributed by atoms with Crippen LogP contribution in [0, 0.1) is 5.82 Å². The molecular weight excluding hydrogens is 335 g/mol. The lowest BCUT2D eigenvalue weighted by Gasteiger charge is -2.27. The van der Waals surface area contributed by atoms with Crippen LogP contribution in [0.3, 0.4) is 0 Å². The maximum atomic E-state index is 13.1. The summed E-state index contributed by atoms with van der Waals surface area (Å²) in [6.07, 6.45) is 2.40. The van der Waals surface area contributed by atoms with Gasteiger partial charge in [-0.1, -0.05) is 0 Å². The van der Waals surface area contributed by atoms with E-state index < -0.39 is 0 Å². The number of hydrogen-bond acceptors (Lipinski definition) is 5. The standard InChI is InChI=1S/C18H17FN6O/c1-24-16(8-14(23-24)11-2-4-13(19)5-3-11)17(26)25-7-6-12-9-21-18(20)22-15(12)10-25/h2-5,8-9H,6-7,10H2,1H3,(H2,20,21,22). The average molecular weight is 352 g/mol. The zero-order valence-electron chi connectivity index (χ0n) is 14.2. The topological polar surface area (TPSA) is 89.9 Å².